The summed E-state index contributed by atoms with van der Waals surface area (Å²) >= 11 is 0. The molecule has 0 spiro atoms. The smallest absolute Gasteiger partial charge is 0.331 e. The Labute approximate surface area is 188 Å². The van der Waals surface area contributed by atoms with E-state index in [0.29, 0.717) is 5.71 Å². The minimum absolute atomic E-state index is 0.224. The molecule has 6 heteroatoms. The van der Waals surface area contributed by atoms with Gasteiger partial charge in [0.05, 0.1) is 18.4 Å². The van der Waals surface area contributed by atoms with Crippen molar-refractivity contribution in [3.05, 3.63) is 83.9 Å². The second-order valence-electron chi connectivity index (χ2n) is 8.42. The van der Waals surface area contributed by atoms with Gasteiger partial charge in [0.15, 0.2) is 11.8 Å². The summed E-state index contributed by atoms with van der Waals surface area (Å²) in [6.07, 6.45) is 1.73. The molecule has 0 bridgehead atoms. The SMILES string of the molecule is CCOC(=O)[C@H](N=C(c1ccccc1)c1ccccc1)[C@@H]1C=C[C@@H]2OC(C)(C)O[C@@H]2[C@H]1O. The fourth-order valence-electron chi connectivity index (χ4n) is 4.26. The Morgan fingerprint density at radius 3 is 2.19 bits per heavy atom. The van der Waals surface area contributed by atoms with Crippen LogP contribution >= 0.6 is 0 Å². The quantitative estimate of drug-likeness (QED) is 0.427. The summed E-state index contributed by atoms with van der Waals surface area (Å²) in [5.74, 6) is -1.91. The zero-order valence-electron chi connectivity index (χ0n) is 18.5. The van der Waals surface area contributed by atoms with Crippen molar-refractivity contribution in [2.45, 2.75) is 50.9 Å². The molecule has 168 valence electrons. The molecule has 1 N–H and O–H groups in total. The highest BCUT2D eigenvalue weighted by atomic mass is 16.8. The molecule has 0 unspecified atom stereocenters. The van der Waals surface area contributed by atoms with E-state index >= 15 is 0 Å². The second kappa shape index (κ2) is 9.36. The number of rotatable bonds is 6. The molecule has 2 aromatic carbocycles. The zero-order valence-corrected chi connectivity index (χ0v) is 18.5. The largest absolute Gasteiger partial charge is 0.464 e. The Morgan fingerprint density at radius 1 is 1.03 bits per heavy atom. The van der Waals surface area contributed by atoms with Gasteiger partial charge >= 0.3 is 5.97 Å². The topological polar surface area (TPSA) is 77.4 Å². The first-order valence-electron chi connectivity index (χ1n) is 11.0. The minimum atomic E-state index is -0.974. The number of carbonyl (C=O) groups excluding carboxylic acids is 1. The van der Waals surface area contributed by atoms with E-state index in [9.17, 15) is 9.90 Å². The average Bonchev–Trinajstić information content (AvgIpc) is 3.12. The van der Waals surface area contributed by atoms with Gasteiger partial charge in [0, 0.05) is 17.0 Å². The molecule has 2 aliphatic rings. The molecular weight excluding hydrogens is 406 g/mol. The Bertz CT molecular complexity index is 944. The average molecular weight is 436 g/mol. The van der Waals surface area contributed by atoms with Gasteiger partial charge in [-0.3, -0.25) is 4.99 Å². The van der Waals surface area contributed by atoms with Crippen molar-refractivity contribution in [3.63, 3.8) is 0 Å². The van der Waals surface area contributed by atoms with Crippen molar-refractivity contribution < 1.29 is 24.1 Å². The molecule has 4 rings (SSSR count). The van der Waals surface area contributed by atoms with Crippen LogP contribution in [-0.2, 0) is 19.0 Å². The van der Waals surface area contributed by atoms with Crippen molar-refractivity contribution in [1.29, 1.82) is 0 Å². The first-order chi connectivity index (χ1) is 15.4. The third-order valence-corrected chi connectivity index (χ3v) is 5.67. The number of hydrogen-bond acceptors (Lipinski definition) is 6. The summed E-state index contributed by atoms with van der Waals surface area (Å²) in [7, 11) is 0. The van der Waals surface area contributed by atoms with Crippen LogP contribution in [0.25, 0.3) is 0 Å². The number of carbonyl (C=O) groups is 1. The summed E-state index contributed by atoms with van der Waals surface area (Å²) in [6, 6.07) is 18.5. The Balaban J connectivity index is 1.76. The van der Waals surface area contributed by atoms with Crippen molar-refractivity contribution in [3.8, 4) is 0 Å². The van der Waals surface area contributed by atoms with Gasteiger partial charge in [0.2, 0.25) is 0 Å². The van der Waals surface area contributed by atoms with Crippen LogP contribution in [0.5, 0.6) is 0 Å². The molecule has 1 aliphatic carbocycles. The number of fused-ring (bicyclic) bond motifs is 1. The number of benzene rings is 2. The first kappa shape index (κ1) is 22.4. The molecule has 1 saturated heterocycles. The first-order valence-corrected chi connectivity index (χ1v) is 11.0. The van der Waals surface area contributed by atoms with Crippen LogP contribution in [0, 0.1) is 5.92 Å². The molecule has 1 aliphatic heterocycles. The fourth-order valence-corrected chi connectivity index (χ4v) is 4.26. The lowest BCUT2D eigenvalue weighted by molar-refractivity contribution is -0.158. The van der Waals surface area contributed by atoms with Crippen molar-refractivity contribution in [2.24, 2.45) is 10.9 Å². The van der Waals surface area contributed by atoms with Crippen molar-refractivity contribution in [1.82, 2.24) is 0 Å². The molecule has 0 amide bonds. The van der Waals surface area contributed by atoms with Crippen LogP contribution < -0.4 is 0 Å². The second-order valence-corrected chi connectivity index (χ2v) is 8.42. The lowest BCUT2D eigenvalue weighted by Crippen LogP contribution is -2.48. The van der Waals surface area contributed by atoms with Crippen LogP contribution in [0.3, 0.4) is 0 Å². The summed E-state index contributed by atoms with van der Waals surface area (Å²) in [5, 5.41) is 11.2. The molecule has 32 heavy (non-hydrogen) atoms. The molecule has 0 saturated carbocycles. The maximum atomic E-state index is 13.1. The van der Waals surface area contributed by atoms with Crippen LogP contribution in [0.4, 0.5) is 0 Å². The molecule has 1 heterocycles. The van der Waals surface area contributed by atoms with Gasteiger partial charge in [0.25, 0.3) is 0 Å². The Morgan fingerprint density at radius 2 is 1.62 bits per heavy atom. The lowest BCUT2D eigenvalue weighted by atomic mass is 9.83. The van der Waals surface area contributed by atoms with Gasteiger partial charge in [-0.15, -0.1) is 0 Å². The van der Waals surface area contributed by atoms with E-state index in [0.717, 1.165) is 11.1 Å². The number of aliphatic imine (C=N–C) groups is 1. The van der Waals surface area contributed by atoms with Gasteiger partial charge in [0.1, 0.15) is 12.2 Å². The molecule has 2 aromatic rings. The normalized spacial score (nSPS) is 26.8. The fraction of sp³-hybridized carbons (Fsp3) is 0.385. The summed E-state index contributed by atoms with van der Waals surface area (Å²) in [5.41, 5.74) is 2.42. The number of esters is 1. The van der Waals surface area contributed by atoms with Crippen molar-refractivity contribution >= 4 is 11.7 Å². The van der Waals surface area contributed by atoms with E-state index in [4.69, 9.17) is 19.2 Å². The molecule has 1 fully saturated rings. The molecule has 5 atom stereocenters. The van der Waals surface area contributed by atoms with Crippen LogP contribution in [0.15, 0.2) is 77.8 Å². The number of aliphatic hydroxyl groups excluding tert-OH is 1. The van der Waals surface area contributed by atoms with E-state index in [2.05, 4.69) is 0 Å². The number of nitrogens with zero attached hydrogens (tertiary/aromatic N) is 1. The standard InChI is InChI=1S/C26H29NO5/c1-4-30-25(29)22(19-15-16-20-24(23(19)28)32-26(2,3)31-20)27-21(17-11-7-5-8-12-17)18-13-9-6-10-14-18/h5-16,19-20,22-24,28H,4H2,1-3H3/t19-,20-,22+,23-,24-/m0/s1. The third kappa shape index (κ3) is 4.67. The molecular formula is C26H29NO5. The number of aliphatic hydroxyl groups is 1. The van der Waals surface area contributed by atoms with E-state index in [-0.39, 0.29) is 12.7 Å². The summed E-state index contributed by atoms with van der Waals surface area (Å²) < 4.78 is 17.2. The lowest BCUT2D eigenvalue weighted by Gasteiger charge is -2.33. The molecule has 0 aromatic heterocycles. The highest BCUT2D eigenvalue weighted by Crippen LogP contribution is 2.37. The summed E-state index contributed by atoms with van der Waals surface area (Å²) in [4.78, 5) is 18.0. The molecule has 0 radical (unpaired) electrons. The number of hydrogen-bond donors (Lipinski definition) is 1. The summed E-state index contributed by atoms with van der Waals surface area (Å²) in [6.45, 7) is 5.60. The maximum absolute atomic E-state index is 13.1. The van der Waals surface area contributed by atoms with Crippen molar-refractivity contribution in [2.75, 3.05) is 6.61 Å². The Kier molecular flexibility index (Phi) is 6.55. The van der Waals surface area contributed by atoms with E-state index < -0.39 is 35.9 Å². The third-order valence-electron chi connectivity index (χ3n) is 5.67. The van der Waals surface area contributed by atoms with Crippen LogP contribution in [0.2, 0.25) is 0 Å². The monoisotopic (exact) mass is 435 g/mol. The maximum Gasteiger partial charge on any atom is 0.331 e. The van der Waals surface area contributed by atoms with Crippen LogP contribution in [-0.4, -0.2) is 53.5 Å². The highest BCUT2D eigenvalue weighted by Gasteiger charge is 2.50. The van der Waals surface area contributed by atoms with Gasteiger partial charge < -0.3 is 19.3 Å². The van der Waals surface area contributed by atoms with Gasteiger partial charge in [-0.25, -0.2) is 4.79 Å². The van der Waals surface area contributed by atoms with Gasteiger partial charge in [-0.2, -0.15) is 0 Å². The Hall–Kier alpha value is -2.80. The number of ether oxygens (including phenoxy) is 3. The predicted octanol–water partition coefficient (Wildman–Crippen LogP) is 3.52. The van der Waals surface area contributed by atoms with Gasteiger partial charge in [-0.05, 0) is 20.8 Å². The van der Waals surface area contributed by atoms with E-state index in [1.54, 1.807) is 13.0 Å². The van der Waals surface area contributed by atoms with E-state index in [1.165, 1.54) is 0 Å². The highest BCUT2D eigenvalue weighted by molar-refractivity contribution is 6.13. The minimum Gasteiger partial charge on any atom is -0.464 e. The van der Waals surface area contributed by atoms with Gasteiger partial charge in [-0.1, -0.05) is 72.8 Å². The molecule has 6 nitrogen and oxygen atoms in total. The van der Waals surface area contributed by atoms with E-state index in [1.807, 2.05) is 80.6 Å². The predicted molar refractivity (Wildman–Crippen MR) is 121 cm³/mol. The van der Waals surface area contributed by atoms with Crippen LogP contribution in [0.1, 0.15) is 31.9 Å². The zero-order chi connectivity index (χ0) is 22.7.